The number of pyridine rings is 1. The fourth-order valence-electron chi connectivity index (χ4n) is 2.70. The van der Waals surface area contributed by atoms with Crippen LogP contribution in [0.4, 0.5) is 5.69 Å². The molecule has 0 unspecified atom stereocenters. The molecule has 0 aliphatic carbocycles. The van der Waals surface area contributed by atoms with Crippen LogP contribution in [-0.2, 0) is 9.53 Å². The van der Waals surface area contributed by atoms with E-state index in [0.29, 0.717) is 32.6 Å². The van der Waals surface area contributed by atoms with Crippen LogP contribution in [0.15, 0.2) is 36.5 Å². The van der Waals surface area contributed by atoms with Crippen molar-refractivity contribution in [1.82, 2.24) is 4.98 Å². The molecule has 5 nitrogen and oxygen atoms in total. The second kappa shape index (κ2) is 8.45. The number of halogens is 2. The average Bonchev–Trinajstić information content (AvgIpc) is 2.55. The molecule has 3 rings (SSSR count). The second-order valence-corrected chi connectivity index (χ2v) is 5.46. The largest absolute Gasteiger partial charge is 0.381 e. The van der Waals surface area contributed by atoms with Crippen LogP contribution >= 0.6 is 24.8 Å². The number of amides is 1. The number of benzene rings is 1. The molecular weight excluding hydrogens is 337 g/mol. The Bertz CT molecular complexity index is 661. The molecular formula is C16H21Cl2N3O2. The molecule has 1 aliphatic rings. The highest BCUT2D eigenvalue weighted by molar-refractivity contribution is 5.97. The number of carbonyl (C=O) groups is 1. The van der Waals surface area contributed by atoms with Crippen molar-refractivity contribution in [2.45, 2.75) is 12.8 Å². The van der Waals surface area contributed by atoms with Crippen LogP contribution in [0.25, 0.3) is 10.9 Å². The predicted octanol–water partition coefficient (Wildman–Crippen LogP) is 2.77. The maximum Gasteiger partial charge on any atom is 0.232 e. The third-order valence-corrected chi connectivity index (χ3v) is 4.18. The molecule has 1 fully saturated rings. The van der Waals surface area contributed by atoms with Gasteiger partial charge in [0.2, 0.25) is 5.91 Å². The highest BCUT2D eigenvalue weighted by atomic mass is 35.5. The number of rotatable bonds is 3. The highest BCUT2D eigenvalue weighted by Gasteiger charge is 2.38. The standard InChI is InChI=1S/C16H19N3O2.2ClH/c17-11-16(5-8-21-9-6-16)15(20)19-13-3-4-14-12(10-13)2-1-7-18-14;;/h1-4,7,10H,5-6,8-9,11,17H2,(H,19,20);2*1H. The van der Waals surface area contributed by atoms with Gasteiger partial charge in [0.05, 0.1) is 10.9 Å². The second-order valence-electron chi connectivity index (χ2n) is 5.46. The highest BCUT2D eigenvalue weighted by Crippen LogP contribution is 2.31. The molecule has 0 radical (unpaired) electrons. The lowest BCUT2D eigenvalue weighted by Gasteiger charge is -2.34. The molecule has 0 atom stereocenters. The van der Waals surface area contributed by atoms with Gasteiger partial charge in [-0.3, -0.25) is 9.78 Å². The van der Waals surface area contributed by atoms with E-state index in [1.807, 2.05) is 30.3 Å². The van der Waals surface area contributed by atoms with E-state index in [1.165, 1.54) is 0 Å². The van der Waals surface area contributed by atoms with Gasteiger partial charge in [-0.25, -0.2) is 0 Å². The van der Waals surface area contributed by atoms with E-state index in [-0.39, 0.29) is 30.7 Å². The van der Waals surface area contributed by atoms with Crippen LogP contribution in [0.5, 0.6) is 0 Å². The summed E-state index contributed by atoms with van der Waals surface area (Å²) >= 11 is 0. The van der Waals surface area contributed by atoms with E-state index in [1.54, 1.807) is 6.20 Å². The van der Waals surface area contributed by atoms with Crippen molar-refractivity contribution < 1.29 is 9.53 Å². The molecule has 0 bridgehead atoms. The monoisotopic (exact) mass is 357 g/mol. The number of hydrogen-bond acceptors (Lipinski definition) is 4. The Kier molecular flexibility index (Phi) is 7.22. The number of carbonyl (C=O) groups excluding carboxylic acids is 1. The molecule has 23 heavy (non-hydrogen) atoms. The number of nitrogens with two attached hydrogens (primary N) is 1. The Hall–Kier alpha value is -1.40. The Morgan fingerprint density at radius 1 is 1.26 bits per heavy atom. The van der Waals surface area contributed by atoms with Gasteiger partial charge in [-0.05, 0) is 37.1 Å². The van der Waals surface area contributed by atoms with Crippen LogP contribution in [0, 0.1) is 5.41 Å². The van der Waals surface area contributed by atoms with Gasteiger partial charge >= 0.3 is 0 Å². The van der Waals surface area contributed by atoms with Gasteiger partial charge in [0, 0.05) is 37.0 Å². The summed E-state index contributed by atoms with van der Waals surface area (Å²) in [7, 11) is 0. The zero-order chi connectivity index (χ0) is 14.7. The fraction of sp³-hybridized carbons (Fsp3) is 0.375. The quantitative estimate of drug-likeness (QED) is 0.885. The smallest absolute Gasteiger partial charge is 0.232 e. The van der Waals surface area contributed by atoms with E-state index in [4.69, 9.17) is 10.5 Å². The average molecular weight is 358 g/mol. The third-order valence-electron chi connectivity index (χ3n) is 4.18. The zero-order valence-electron chi connectivity index (χ0n) is 12.7. The number of fused-ring (bicyclic) bond motifs is 1. The maximum atomic E-state index is 12.6. The van der Waals surface area contributed by atoms with Crippen molar-refractivity contribution in [1.29, 1.82) is 0 Å². The molecule has 2 heterocycles. The molecule has 1 aromatic carbocycles. The van der Waals surface area contributed by atoms with Crippen LogP contribution in [-0.4, -0.2) is 30.6 Å². The van der Waals surface area contributed by atoms with Crippen LogP contribution in [0.3, 0.4) is 0 Å². The van der Waals surface area contributed by atoms with E-state index in [9.17, 15) is 4.79 Å². The third kappa shape index (κ3) is 4.12. The first-order chi connectivity index (χ1) is 10.2. The van der Waals surface area contributed by atoms with Crippen molar-refractivity contribution in [3.63, 3.8) is 0 Å². The summed E-state index contributed by atoms with van der Waals surface area (Å²) in [5, 5.41) is 4.00. The Balaban J connectivity index is 0.00000132. The van der Waals surface area contributed by atoms with Crippen molar-refractivity contribution in [2.75, 3.05) is 25.1 Å². The molecule has 1 aliphatic heterocycles. The topological polar surface area (TPSA) is 77.2 Å². The predicted molar refractivity (Wildman–Crippen MR) is 96.4 cm³/mol. The van der Waals surface area contributed by atoms with Crippen LogP contribution in [0.2, 0.25) is 0 Å². The van der Waals surface area contributed by atoms with Crippen molar-refractivity contribution >= 4 is 47.3 Å². The number of anilines is 1. The lowest BCUT2D eigenvalue weighted by molar-refractivity contribution is -0.130. The molecule has 1 aromatic heterocycles. The van der Waals surface area contributed by atoms with E-state index in [2.05, 4.69) is 10.3 Å². The molecule has 2 aromatic rings. The van der Waals surface area contributed by atoms with Gasteiger partial charge in [-0.2, -0.15) is 0 Å². The summed E-state index contributed by atoms with van der Waals surface area (Å²) in [6, 6.07) is 9.57. The Labute approximate surface area is 147 Å². The van der Waals surface area contributed by atoms with Crippen molar-refractivity contribution in [3.8, 4) is 0 Å². The minimum Gasteiger partial charge on any atom is -0.381 e. The summed E-state index contributed by atoms with van der Waals surface area (Å²) in [5.74, 6) is -0.0171. The molecule has 3 N–H and O–H groups in total. The minimum absolute atomic E-state index is 0. The summed E-state index contributed by atoms with van der Waals surface area (Å²) in [5.41, 5.74) is 7.03. The first-order valence-corrected chi connectivity index (χ1v) is 7.18. The molecule has 0 spiro atoms. The van der Waals surface area contributed by atoms with Gasteiger partial charge in [0.25, 0.3) is 0 Å². The van der Waals surface area contributed by atoms with Crippen LogP contribution in [0.1, 0.15) is 12.8 Å². The number of ether oxygens (including phenoxy) is 1. The summed E-state index contributed by atoms with van der Waals surface area (Å²) in [4.78, 5) is 16.9. The van der Waals surface area contributed by atoms with Crippen molar-refractivity contribution in [2.24, 2.45) is 11.1 Å². The molecule has 1 saturated heterocycles. The van der Waals surface area contributed by atoms with Gasteiger partial charge in [0.15, 0.2) is 0 Å². The fourth-order valence-corrected chi connectivity index (χ4v) is 2.70. The van der Waals surface area contributed by atoms with Gasteiger partial charge in [-0.15, -0.1) is 24.8 Å². The zero-order valence-corrected chi connectivity index (χ0v) is 14.3. The first-order valence-electron chi connectivity index (χ1n) is 7.18. The molecule has 126 valence electrons. The molecule has 1 amide bonds. The number of hydrogen-bond donors (Lipinski definition) is 2. The summed E-state index contributed by atoms with van der Waals surface area (Å²) < 4.78 is 5.34. The summed E-state index contributed by atoms with van der Waals surface area (Å²) in [6.07, 6.45) is 3.10. The lowest BCUT2D eigenvalue weighted by atomic mass is 9.79. The van der Waals surface area contributed by atoms with Crippen LogP contribution < -0.4 is 11.1 Å². The number of nitrogens with one attached hydrogen (secondary N) is 1. The Morgan fingerprint density at radius 3 is 2.70 bits per heavy atom. The Morgan fingerprint density at radius 2 is 2.00 bits per heavy atom. The normalized spacial score (nSPS) is 16.0. The summed E-state index contributed by atoms with van der Waals surface area (Å²) in [6.45, 7) is 1.52. The number of nitrogens with zero attached hydrogens (tertiary/aromatic N) is 1. The minimum atomic E-state index is -0.512. The van der Waals surface area contributed by atoms with Gasteiger partial charge in [0.1, 0.15) is 0 Å². The van der Waals surface area contributed by atoms with Gasteiger partial charge in [-0.1, -0.05) is 6.07 Å². The maximum absolute atomic E-state index is 12.6. The van der Waals surface area contributed by atoms with E-state index >= 15 is 0 Å². The first kappa shape index (κ1) is 19.6. The van der Waals surface area contributed by atoms with E-state index in [0.717, 1.165) is 16.6 Å². The number of aromatic nitrogens is 1. The molecule has 7 heteroatoms. The van der Waals surface area contributed by atoms with Crippen molar-refractivity contribution in [3.05, 3.63) is 36.5 Å². The van der Waals surface area contributed by atoms with Gasteiger partial charge < -0.3 is 15.8 Å². The SMILES string of the molecule is Cl.Cl.NCC1(C(=O)Nc2ccc3ncccc3c2)CCOCC1. The lowest BCUT2D eigenvalue weighted by Crippen LogP contribution is -2.46. The van der Waals surface area contributed by atoms with E-state index < -0.39 is 5.41 Å². The molecule has 0 saturated carbocycles.